The van der Waals surface area contributed by atoms with Crippen molar-refractivity contribution in [2.75, 3.05) is 19.7 Å². The number of carbonyl (C=O) groups excluding carboxylic acids is 3. The van der Waals surface area contributed by atoms with E-state index in [-0.39, 0.29) is 41.8 Å². The van der Waals surface area contributed by atoms with Crippen LogP contribution in [0.2, 0.25) is 5.02 Å². The van der Waals surface area contributed by atoms with Crippen molar-refractivity contribution in [3.63, 3.8) is 0 Å². The number of carbonyl (C=O) groups is 3. The third-order valence-electron chi connectivity index (χ3n) is 9.28. The summed E-state index contributed by atoms with van der Waals surface area (Å²) in [5, 5.41) is 3.62. The number of amides is 3. The second-order valence-electron chi connectivity index (χ2n) is 13.9. The van der Waals surface area contributed by atoms with Gasteiger partial charge in [0.05, 0.1) is 18.0 Å². The van der Waals surface area contributed by atoms with Crippen LogP contribution in [0.5, 0.6) is 0 Å². The largest absolute Gasteiger partial charge is 0.399 e. The molecule has 15 heteroatoms. The van der Waals surface area contributed by atoms with Crippen LogP contribution in [0.4, 0.5) is 8.78 Å². The Morgan fingerprint density at radius 3 is 2.37 bits per heavy atom. The Hall–Kier alpha value is -3.71. The Labute approximate surface area is 302 Å². The predicted octanol–water partition coefficient (Wildman–Crippen LogP) is 6.48. The van der Waals surface area contributed by atoms with Gasteiger partial charge in [0.15, 0.2) is 0 Å². The minimum atomic E-state index is -5.79. The molecular formula is C36H37ClF2N3O7PS. The Kier molecular flexibility index (Phi) is 10.2. The summed E-state index contributed by atoms with van der Waals surface area (Å²) in [5.41, 5.74) is -3.38. The third-order valence-corrected chi connectivity index (χ3v) is 11.6. The van der Waals surface area contributed by atoms with Gasteiger partial charge >= 0.3 is 13.3 Å². The third kappa shape index (κ3) is 7.60. The number of nitrogens with zero attached hydrogens (tertiary/aromatic N) is 2. The zero-order chi connectivity index (χ0) is 36.9. The van der Waals surface area contributed by atoms with Crippen LogP contribution in [-0.2, 0) is 37.5 Å². The van der Waals surface area contributed by atoms with E-state index < -0.39 is 48.1 Å². The maximum Gasteiger partial charge on any atom is 0.399 e. The summed E-state index contributed by atoms with van der Waals surface area (Å²) >= 11 is 7.07. The van der Waals surface area contributed by atoms with Gasteiger partial charge in [-0.2, -0.15) is 8.78 Å². The highest BCUT2D eigenvalue weighted by atomic mass is 35.5. The molecule has 3 amide bonds. The van der Waals surface area contributed by atoms with Crippen molar-refractivity contribution in [1.29, 1.82) is 0 Å². The summed E-state index contributed by atoms with van der Waals surface area (Å²) in [5.74, 6) is -1.31. The molecule has 3 aromatic carbocycles. The number of fused-ring (bicyclic) bond motifs is 2. The molecule has 0 bridgehead atoms. The Morgan fingerprint density at radius 2 is 1.71 bits per heavy atom. The molecule has 0 spiro atoms. The first-order chi connectivity index (χ1) is 23.9. The van der Waals surface area contributed by atoms with Crippen molar-refractivity contribution in [3.05, 3.63) is 105 Å². The summed E-state index contributed by atoms with van der Waals surface area (Å²) < 4.78 is 46.7. The van der Waals surface area contributed by atoms with Gasteiger partial charge in [0.1, 0.15) is 18.2 Å². The van der Waals surface area contributed by atoms with Crippen LogP contribution in [0.15, 0.2) is 72.8 Å². The number of benzene rings is 3. The molecule has 270 valence electrons. The van der Waals surface area contributed by atoms with Crippen LogP contribution >= 0.6 is 30.5 Å². The molecule has 4 aromatic rings. The zero-order valence-corrected chi connectivity index (χ0v) is 30.5. The fraction of sp³-hybridized carbons (Fsp3) is 0.361. The van der Waals surface area contributed by atoms with Gasteiger partial charge in [-0.05, 0) is 57.8 Å². The van der Waals surface area contributed by atoms with E-state index in [0.29, 0.717) is 22.9 Å². The predicted molar refractivity (Wildman–Crippen MR) is 190 cm³/mol. The van der Waals surface area contributed by atoms with Crippen LogP contribution in [0, 0.1) is 5.41 Å². The van der Waals surface area contributed by atoms with Gasteiger partial charge in [-0.25, -0.2) is 0 Å². The number of ether oxygens (including phenoxy) is 1. The summed E-state index contributed by atoms with van der Waals surface area (Å²) in [7, 11) is -5.79. The summed E-state index contributed by atoms with van der Waals surface area (Å²) in [6.07, 6.45) is -0.0890. The van der Waals surface area contributed by atoms with Gasteiger partial charge in [-0.3, -0.25) is 18.9 Å². The molecule has 1 fully saturated rings. The smallest absolute Gasteiger partial charge is 0.370 e. The standard InChI is InChI=1S/C36H37ClF2N3O7PS/c1-35(2,3)31(40-32(43)30-18-24-16-25(10-13-29(24)51-30)36(38,39)50(46,47)48)34(45)42-19-23-7-5-4-6-22(23)17-27(42)33(44)41-14-15-49-28(20-41)21-8-11-26(37)12-9-21/h4-13,16,18,27-28,31H,14-15,17,19-20H2,1-3H3,(H,40,43)(H2,46,47,48)/t27-,28?,31?/m0/s1. The van der Waals surface area contributed by atoms with Crippen LogP contribution in [0.25, 0.3) is 10.1 Å². The molecule has 2 aliphatic rings. The van der Waals surface area contributed by atoms with E-state index in [4.69, 9.17) is 16.3 Å². The van der Waals surface area contributed by atoms with Crippen molar-refractivity contribution in [2.45, 2.75) is 57.6 Å². The van der Waals surface area contributed by atoms with Gasteiger partial charge in [0.25, 0.3) is 5.91 Å². The molecule has 10 nitrogen and oxygen atoms in total. The van der Waals surface area contributed by atoms with Crippen molar-refractivity contribution < 1.29 is 42.3 Å². The molecule has 0 radical (unpaired) electrons. The van der Waals surface area contributed by atoms with Crippen molar-refractivity contribution >= 4 is 58.3 Å². The number of rotatable bonds is 7. The monoisotopic (exact) mass is 759 g/mol. The quantitative estimate of drug-likeness (QED) is 0.184. The lowest BCUT2D eigenvalue weighted by Crippen LogP contribution is -2.61. The van der Waals surface area contributed by atoms with Gasteiger partial charge in [0, 0.05) is 34.8 Å². The molecule has 0 saturated carbocycles. The molecule has 2 unspecified atom stereocenters. The molecule has 51 heavy (non-hydrogen) atoms. The Balaban J connectivity index is 1.27. The minimum Gasteiger partial charge on any atom is -0.370 e. The number of thiophene rings is 1. The first-order valence-electron chi connectivity index (χ1n) is 16.3. The van der Waals surface area contributed by atoms with Gasteiger partial charge in [-0.15, -0.1) is 11.3 Å². The normalized spacial score (nSPS) is 19.1. The number of hydrogen-bond acceptors (Lipinski definition) is 6. The number of morpholine rings is 1. The van der Waals surface area contributed by atoms with E-state index >= 15 is 0 Å². The van der Waals surface area contributed by atoms with Crippen molar-refractivity contribution in [1.82, 2.24) is 15.1 Å². The fourth-order valence-electron chi connectivity index (χ4n) is 6.44. The van der Waals surface area contributed by atoms with E-state index in [9.17, 15) is 37.5 Å². The second-order valence-corrected chi connectivity index (χ2v) is 17.0. The van der Waals surface area contributed by atoms with Crippen molar-refractivity contribution in [3.8, 4) is 0 Å². The molecule has 2 aliphatic heterocycles. The number of hydrogen-bond donors (Lipinski definition) is 3. The number of alkyl halides is 2. The molecular weight excluding hydrogens is 723 g/mol. The summed E-state index contributed by atoms with van der Waals surface area (Å²) in [6, 6.07) is 17.4. The summed E-state index contributed by atoms with van der Waals surface area (Å²) in [6.45, 7) is 6.48. The van der Waals surface area contributed by atoms with E-state index in [1.807, 2.05) is 36.4 Å². The SMILES string of the molecule is CC(C)(C)C(NC(=O)c1cc2cc(C(F)(F)P(=O)(O)O)ccc2s1)C(=O)N1Cc2ccccc2C[C@H]1C(=O)N1CCOC(c2ccc(Cl)cc2)C1. The molecule has 3 atom stereocenters. The second kappa shape index (κ2) is 14.0. The van der Waals surface area contributed by atoms with E-state index in [1.54, 1.807) is 37.8 Å². The highest BCUT2D eigenvalue weighted by Crippen LogP contribution is 2.59. The molecule has 3 N–H and O–H groups in total. The zero-order valence-electron chi connectivity index (χ0n) is 28.0. The number of nitrogens with one attached hydrogen (secondary N) is 1. The summed E-state index contributed by atoms with van der Waals surface area (Å²) in [4.78, 5) is 64.4. The molecule has 1 saturated heterocycles. The first-order valence-corrected chi connectivity index (χ1v) is 19.1. The topological polar surface area (TPSA) is 136 Å². The van der Waals surface area contributed by atoms with E-state index in [2.05, 4.69) is 5.32 Å². The maximum atomic E-state index is 14.6. The Bertz CT molecular complexity index is 2030. The van der Waals surface area contributed by atoms with Crippen LogP contribution < -0.4 is 5.32 Å². The van der Waals surface area contributed by atoms with Gasteiger partial charge < -0.3 is 29.6 Å². The van der Waals surface area contributed by atoms with E-state index in [1.165, 1.54) is 17.0 Å². The van der Waals surface area contributed by atoms with Gasteiger partial charge in [-0.1, -0.05) is 74.8 Å². The average Bonchev–Trinajstić information content (AvgIpc) is 3.53. The minimum absolute atomic E-state index is 0.113. The molecule has 1 aromatic heterocycles. The fourth-order valence-corrected chi connectivity index (χ4v) is 7.99. The van der Waals surface area contributed by atoms with Gasteiger partial charge in [0.2, 0.25) is 11.8 Å². The van der Waals surface area contributed by atoms with Crippen LogP contribution in [-0.4, -0.2) is 69.1 Å². The van der Waals surface area contributed by atoms with E-state index in [0.717, 1.165) is 40.2 Å². The molecule has 3 heterocycles. The first kappa shape index (κ1) is 37.1. The highest BCUT2D eigenvalue weighted by molar-refractivity contribution is 7.52. The van der Waals surface area contributed by atoms with Crippen molar-refractivity contribution in [2.24, 2.45) is 5.41 Å². The number of halogens is 3. The Morgan fingerprint density at radius 1 is 1.02 bits per heavy atom. The lowest BCUT2D eigenvalue weighted by Gasteiger charge is -2.43. The highest BCUT2D eigenvalue weighted by Gasteiger charge is 2.50. The average molecular weight is 760 g/mol. The molecule has 0 aliphatic carbocycles. The lowest BCUT2D eigenvalue weighted by molar-refractivity contribution is -0.153. The van der Waals surface area contributed by atoms with Crippen LogP contribution in [0.1, 0.15) is 58.8 Å². The lowest BCUT2D eigenvalue weighted by atomic mass is 9.84. The molecule has 6 rings (SSSR count). The van der Waals surface area contributed by atoms with Crippen LogP contribution in [0.3, 0.4) is 0 Å². The maximum absolute atomic E-state index is 14.6.